The molecule has 0 radical (unpaired) electrons. The van der Waals surface area contributed by atoms with Crippen molar-refractivity contribution in [2.75, 3.05) is 26.2 Å². The zero-order valence-electron chi connectivity index (χ0n) is 16.5. The normalized spacial score (nSPS) is 16.1. The smallest absolute Gasteiger partial charge is 0.255 e. The molecular formula is C22H29N3O2. The Balaban J connectivity index is 1.63. The summed E-state index contributed by atoms with van der Waals surface area (Å²) in [6.45, 7) is 6.89. The summed E-state index contributed by atoms with van der Waals surface area (Å²) in [6, 6.07) is 9.83. The number of carbonyl (C=O) groups excluding carboxylic acids is 2. The first kappa shape index (κ1) is 19.2. The Morgan fingerprint density at radius 3 is 2.04 bits per heavy atom. The molecule has 1 saturated heterocycles. The van der Waals surface area contributed by atoms with Crippen molar-refractivity contribution in [3.05, 3.63) is 59.4 Å². The Kier molecular flexibility index (Phi) is 5.99. The largest absolute Gasteiger partial charge is 0.356 e. The Morgan fingerprint density at radius 2 is 1.52 bits per heavy atom. The highest BCUT2D eigenvalue weighted by atomic mass is 16.2. The van der Waals surface area contributed by atoms with Crippen molar-refractivity contribution in [2.45, 2.75) is 32.6 Å². The minimum Gasteiger partial charge on any atom is -0.356 e. The maximum absolute atomic E-state index is 12.9. The zero-order valence-corrected chi connectivity index (χ0v) is 16.5. The van der Waals surface area contributed by atoms with Crippen LogP contribution < -0.4 is 0 Å². The molecule has 2 amide bonds. The Morgan fingerprint density at radius 1 is 0.926 bits per heavy atom. The van der Waals surface area contributed by atoms with E-state index in [1.807, 2.05) is 52.0 Å². The van der Waals surface area contributed by atoms with Crippen LogP contribution in [-0.4, -0.2) is 52.4 Å². The summed E-state index contributed by atoms with van der Waals surface area (Å²) in [7, 11) is 1.91. The lowest BCUT2D eigenvalue weighted by molar-refractivity contribution is 0.0719. The van der Waals surface area contributed by atoms with E-state index in [-0.39, 0.29) is 11.8 Å². The van der Waals surface area contributed by atoms with Crippen molar-refractivity contribution < 1.29 is 9.59 Å². The predicted octanol–water partition coefficient (Wildman–Crippen LogP) is 3.53. The summed E-state index contributed by atoms with van der Waals surface area (Å²) < 4.78 is 1.88. The number of rotatable bonds is 4. The average Bonchev–Trinajstić information content (AvgIpc) is 2.98. The number of carbonyl (C=O) groups is 2. The highest BCUT2D eigenvalue weighted by molar-refractivity contribution is 5.95. The molecule has 1 atom stereocenters. The molecule has 1 fully saturated rings. The van der Waals surface area contributed by atoms with Gasteiger partial charge in [-0.25, -0.2) is 0 Å². The molecule has 3 rings (SSSR count). The van der Waals surface area contributed by atoms with Crippen LogP contribution >= 0.6 is 0 Å². The Labute approximate surface area is 161 Å². The molecule has 0 spiro atoms. The second-order valence-electron chi connectivity index (χ2n) is 7.43. The van der Waals surface area contributed by atoms with Crippen LogP contribution in [0.2, 0.25) is 0 Å². The van der Waals surface area contributed by atoms with Crippen LogP contribution in [0.4, 0.5) is 0 Å². The molecule has 5 heteroatoms. The number of nitrogens with zero attached hydrogens (tertiary/aromatic N) is 3. The topological polar surface area (TPSA) is 45.6 Å². The number of benzene rings is 1. The van der Waals surface area contributed by atoms with Crippen LogP contribution in [0.15, 0.2) is 42.7 Å². The van der Waals surface area contributed by atoms with Crippen molar-refractivity contribution >= 4 is 11.8 Å². The van der Waals surface area contributed by atoms with Gasteiger partial charge >= 0.3 is 0 Å². The molecule has 1 unspecified atom stereocenters. The third kappa shape index (κ3) is 4.41. The van der Waals surface area contributed by atoms with Crippen LogP contribution in [0.3, 0.4) is 0 Å². The molecule has 0 N–H and O–H groups in total. The molecule has 0 saturated carbocycles. The van der Waals surface area contributed by atoms with E-state index in [2.05, 4.69) is 26.0 Å². The van der Waals surface area contributed by atoms with Crippen LogP contribution in [0.5, 0.6) is 0 Å². The number of hydrogen-bond donors (Lipinski definition) is 0. The summed E-state index contributed by atoms with van der Waals surface area (Å²) in [6.07, 6.45) is 5.61. The van der Waals surface area contributed by atoms with E-state index in [1.54, 1.807) is 0 Å². The summed E-state index contributed by atoms with van der Waals surface area (Å²) in [4.78, 5) is 29.3. The molecule has 1 aliphatic rings. The second-order valence-corrected chi connectivity index (χ2v) is 7.43. The van der Waals surface area contributed by atoms with Crippen LogP contribution in [0, 0.1) is 0 Å². The first-order valence-corrected chi connectivity index (χ1v) is 9.80. The highest BCUT2D eigenvalue weighted by Crippen LogP contribution is 2.20. The number of aryl methyl sites for hydroxylation is 1. The van der Waals surface area contributed by atoms with Crippen LogP contribution in [0.25, 0.3) is 0 Å². The van der Waals surface area contributed by atoms with Crippen molar-refractivity contribution in [1.29, 1.82) is 0 Å². The van der Waals surface area contributed by atoms with Crippen molar-refractivity contribution in [3.8, 4) is 0 Å². The van der Waals surface area contributed by atoms with Gasteiger partial charge in [-0.3, -0.25) is 9.59 Å². The summed E-state index contributed by atoms with van der Waals surface area (Å²) in [5, 5.41) is 0. The fourth-order valence-corrected chi connectivity index (χ4v) is 3.51. The molecule has 27 heavy (non-hydrogen) atoms. The van der Waals surface area contributed by atoms with E-state index in [4.69, 9.17) is 0 Å². The van der Waals surface area contributed by atoms with E-state index >= 15 is 0 Å². The molecule has 5 nitrogen and oxygen atoms in total. The van der Waals surface area contributed by atoms with Gasteiger partial charge in [-0.2, -0.15) is 0 Å². The fraction of sp³-hybridized carbons (Fsp3) is 0.455. The molecule has 144 valence electrons. The van der Waals surface area contributed by atoms with E-state index in [0.717, 1.165) is 18.4 Å². The monoisotopic (exact) mass is 367 g/mol. The number of hydrogen-bond acceptors (Lipinski definition) is 2. The molecule has 2 heterocycles. The van der Waals surface area contributed by atoms with Gasteiger partial charge in [0.15, 0.2) is 0 Å². The molecule has 2 aromatic rings. The lowest BCUT2D eigenvalue weighted by Crippen LogP contribution is -2.37. The minimum absolute atomic E-state index is 0.0443. The van der Waals surface area contributed by atoms with Gasteiger partial charge in [0, 0.05) is 51.2 Å². The zero-order chi connectivity index (χ0) is 19.4. The van der Waals surface area contributed by atoms with Gasteiger partial charge in [-0.15, -0.1) is 0 Å². The molecule has 1 aromatic heterocycles. The van der Waals surface area contributed by atoms with Crippen LogP contribution in [-0.2, 0) is 7.05 Å². The van der Waals surface area contributed by atoms with Gasteiger partial charge in [0.2, 0.25) is 0 Å². The molecular weight excluding hydrogens is 338 g/mol. The van der Waals surface area contributed by atoms with Crippen molar-refractivity contribution in [3.63, 3.8) is 0 Å². The van der Waals surface area contributed by atoms with Crippen LogP contribution in [0.1, 0.15) is 58.9 Å². The molecule has 0 bridgehead atoms. The maximum atomic E-state index is 12.9. The third-order valence-electron chi connectivity index (χ3n) is 5.49. The maximum Gasteiger partial charge on any atom is 0.255 e. The standard InChI is InChI=1S/C22H29N3O2/c1-4-17(2)18-6-8-19(9-7-18)21(26)24-11-5-12-25(15-14-24)22(27)20-10-13-23(3)16-20/h6-10,13,16-17H,4-5,11-12,14-15H2,1-3H3. The molecule has 1 aliphatic heterocycles. The summed E-state index contributed by atoms with van der Waals surface area (Å²) >= 11 is 0. The van der Waals surface area contributed by atoms with Gasteiger partial charge in [-0.05, 0) is 42.5 Å². The first-order valence-electron chi connectivity index (χ1n) is 9.80. The van der Waals surface area contributed by atoms with Crippen molar-refractivity contribution in [1.82, 2.24) is 14.4 Å². The molecule has 0 aliphatic carbocycles. The van der Waals surface area contributed by atoms with Gasteiger partial charge in [0.05, 0.1) is 5.56 Å². The van der Waals surface area contributed by atoms with Gasteiger partial charge in [-0.1, -0.05) is 26.0 Å². The van der Waals surface area contributed by atoms with E-state index < -0.39 is 0 Å². The van der Waals surface area contributed by atoms with E-state index in [9.17, 15) is 9.59 Å². The Hall–Kier alpha value is -2.56. The minimum atomic E-state index is 0.0443. The average molecular weight is 367 g/mol. The highest BCUT2D eigenvalue weighted by Gasteiger charge is 2.24. The molecule has 1 aromatic carbocycles. The SMILES string of the molecule is CCC(C)c1ccc(C(=O)N2CCCN(C(=O)c3ccn(C)c3)CC2)cc1. The predicted molar refractivity (Wildman–Crippen MR) is 107 cm³/mol. The fourth-order valence-electron chi connectivity index (χ4n) is 3.51. The quantitative estimate of drug-likeness (QED) is 0.830. The lowest BCUT2D eigenvalue weighted by Gasteiger charge is -2.22. The summed E-state index contributed by atoms with van der Waals surface area (Å²) in [5.41, 5.74) is 2.70. The summed E-state index contributed by atoms with van der Waals surface area (Å²) in [5.74, 6) is 0.604. The van der Waals surface area contributed by atoms with Gasteiger partial charge in [0.25, 0.3) is 11.8 Å². The third-order valence-corrected chi connectivity index (χ3v) is 5.49. The van der Waals surface area contributed by atoms with E-state index in [0.29, 0.717) is 37.7 Å². The van der Waals surface area contributed by atoms with E-state index in [1.165, 1.54) is 5.56 Å². The number of amides is 2. The van der Waals surface area contributed by atoms with Crippen molar-refractivity contribution in [2.24, 2.45) is 7.05 Å². The lowest BCUT2D eigenvalue weighted by atomic mass is 9.97. The number of aromatic nitrogens is 1. The Bertz CT molecular complexity index is 794. The van der Waals surface area contributed by atoms with Gasteiger partial charge in [0.1, 0.15) is 0 Å². The van der Waals surface area contributed by atoms with Gasteiger partial charge < -0.3 is 14.4 Å². The first-order chi connectivity index (χ1) is 13.0. The second kappa shape index (κ2) is 8.42.